The molecule has 3 aromatic rings. The highest BCUT2D eigenvalue weighted by molar-refractivity contribution is 5.74. The zero-order valence-electron chi connectivity index (χ0n) is 12.6. The molecule has 0 unspecified atom stereocenters. The number of nitrogen functional groups attached to an aromatic ring is 1. The zero-order valence-corrected chi connectivity index (χ0v) is 12.6. The number of benzene rings is 1. The smallest absolute Gasteiger partial charge is 0.221 e. The third kappa shape index (κ3) is 2.86. The van der Waals surface area contributed by atoms with E-state index in [2.05, 4.69) is 29.0 Å². The van der Waals surface area contributed by atoms with E-state index in [-0.39, 0.29) is 5.95 Å². The SMILES string of the molecule is CCCCc1c(-c2ccccc2)nc(N)nc1-c1ccoc1. The predicted molar refractivity (Wildman–Crippen MR) is 88.2 cm³/mol. The molecule has 0 radical (unpaired) electrons. The van der Waals surface area contributed by atoms with E-state index in [4.69, 9.17) is 10.2 Å². The fraction of sp³-hybridized carbons (Fsp3) is 0.222. The highest BCUT2D eigenvalue weighted by atomic mass is 16.3. The summed E-state index contributed by atoms with van der Waals surface area (Å²) in [6.07, 6.45) is 6.47. The number of furan rings is 1. The van der Waals surface area contributed by atoms with Crippen molar-refractivity contribution in [2.75, 3.05) is 5.73 Å². The molecule has 4 nitrogen and oxygen atoms in total. The number of anilines is 1. The lowest BCUT2D eigenvalue weighted by atomic mass is 9.97. The molecule has 2 aromatic heterocycles. The molecule has 0 saturated carbocycles. The van der Waals surface area contributed by atoms with Crippen LogP contribution in [0.4, 0.5) is 5.95 Å². The minimum Gasteiger partial charge on any atom is -0.472 e. The maximum absolute atomic E-state index is 5.95. The maximum Gasteiger partial charge on any atom is 0.221 e. The van der Waals surface area contributed by atoms with Crippen molar-refractivity contribution in [3.05, 3.63) is 54.5 Å². The first-order chi connectivity index (χ1) is 10.8. The van der Waals surface area contributed by atoms with Gasteiger partial charge in [-0.15, -0.1) is 0 Å². The number of hydrogen-bond acceptors (Lipinski definition) is 4. The van der Waals surface area contributed by atoms with E-state index in [1.807, 2.05) is 24.3 Å². The van der Waals surface area contributed by atoms with Crippen LogP contribution in [0.1, 0.15) is 25.3 Å². The van der Waals surface area contributed by atoms with Gasteiger partial charge < -0.3 is 10.2 Å². The van der Waals surface area contributed by atoms with Crippen LogP contribution in [0, 0.1) is 0 Å². The summed E-state index contributed by atoms with van der Waals surface area (Å²) in [6.45, 7) is 2.18. The van der Waals surface area contributed by atoms with Crippen LogP contribution in [-0.4, -0.2) is 9.97 Å². The highest BCUT2D eigenvalue weighted by Crippen LogP contribution is 2.31. The quantitative estimate of drug-likeness (QED) is 0.760. The summed E-state index contributed by atoms with van der Waals surface area (Å²) in [5.74, 6) is 0.287. The van der Waals surface area contributed by atoms with Crippen LogP contribution in [0.25, 0.3) is 22.5 Å². The van der Waals surface area contributed by atoms with Crippen LogP contribution in [0.3, 0.4) is 0 Å². The molecular weight excluding hydrogens is 274 g/mol. The van der Waals surface area contributed by atoms with Gasteiger partial charge in [0.05, 0.1) is 23.9 Å². The van der Waals surface area contributed by atoms with Gasteiger partial charge in [0, 0.05) is 16.7 Å². The second kappa shape index (κ2) is 6.43. The van der Waals surface area contributed by atoms with Crippen molar-refractivity contribution in [2.45, 2.75) is 26.2 Å². The lowest BCUT2D eigenvalue weighted by Gasteiger charge is -2.13. The summed E-state index contributed by atoms with van der Waals surface area (Å²) >= 11 is 0. The van der Waals surface area contributed by atoms with Gasteiger partial charge in [-0.3, -0.25) is 0 Å². The molecule has 0 atom stereocenters. The lowest BCUT2D eigenvalue weighted by Crippen LogP contribution is -2.05. The van der Waals surface area contributed by atoms with Crippen LogP contribution in [0.5, 0.6) is 0 Å². The molecule has 0 saturated heterocycles. The van der Waals surface area contributed by atoms with Crippen LogP contribution in [-0.2, 0) is 6.42 Å². The number of unbranched alkanes of at least 4 members (excludes halogenated alkanes) is 1. The van der Waals surface area contributed by atoms with E-state index < -0.39 is 0 Å². The molecule has 0 spiro atoms. The lowest BCUT2D eigenvalue weighted by molar-refractivity contribution is 0.568. The Morgan fingerprint density at radius 1 is 1.00 bits per heavy atom. The van der Waals surface area contributed by atoms with Crippen molar-refractivity contribution in [3.8, 4) is 22.5 Å². The van der Waals surface area contributed by atoms with E-state index in [1.165, 1.54) is 0 Å². The van der Waals surface area contributed by atoms with E-state index in [0.717, 1.165) is 47.3 Å². The number of hydrogen-bond donors (Lipinski definition) is 1. The first kappa shape index (κ1) is 14.3. The van der Waals surface area contributed by atoms with Gasteiger partial charge in [0.15, 0.2) is 0 Å². The third-order valence-corrected chi connectivity index (χ3v) is 3.65. The molecule has 2 N–H and O–H groups in total. The maximum atomic E-state index is 5.95. The second-order valence-corrected chi connectivity index (χ2v) is 5.24. The highest BCUT2D eigenvalue weighted by Gasteiger charge is 2.16. The van der Waals surface area contributed by atoms with Crippen LogP contribution in [0.15, 0.2) is 53.3 Å². The minimum atomic E-state index is 0.287. The Bertz CT molecular complexity index is 737. The Kier molecular flexibility index (Phi) is 4.19. The summed E-state index contributed by atoms with van der Waals surface area (Å²) in [4.78, 5) is 8.96. The van der Waals surface area contributed by atoms with Gasteiger partial charge in [0.2, 0.25) is 5.95 Å². The molecule has 0 amide bonds. The largest absolute Gasteiger partial charge is 0.472 e. The molecule has 3 rings (SSSR count). The van der Waals surface area contributed by atoms with Crippen molar-refractivity contribution in [1.82, 2.24) is 9.97 Å². The summed E-state index contributed by atoms with van der Waals surface area (Å²) in [7, 11) is 0. The number of rotatable bonds is 5. The minimum absolute atomic E-state index is 0.287. The Balaban J connectivity index is 2.20. The molecule has 0 fully saturated rings. The van der Waals surface area contributed by atoms with Crippen molar-refractivity contribution < 1.29 is 4.42 Å². The summed E-state index contributed by atoms with van der Waals surface area (Å²) in [5.41, 5.74) is 10.9. The van der Waals surface area contributed by atoms with Crippen LogP contribution < -0.4 is 5.73 Å². The molecule has 0 aliphatic rings. The number of nitrogens with two attached hydrogens (primary N) is 1. The molecule has 22 heavy (non-hydrogen) atoms. The van der Waals surface area contributed by atoms with Crippen molar-refractivity contribution in [3.63, 3.8) is 0 Å². The Hall–Kier alpha value is -2.62. The molecule has 0 bridgehead atoms. The molecular formula is C18H19N3O. The average Bonchev–Trinajstić information content (AvgIpc) is 3.08. The monoisotopic (exact) mass is 293 g/mol. The first-order valence-corrected chi connectivity index (χ1v) is 7.54. The van der Waals surface area contributed by atoms with Crippen molar-refractivity contribution in [1.29, 1.82) is 0 Å². The van der Waals surface area contributed by atoms with Gasteiger partial charge in [-0.2, -0.15) is 0 Å². The van der Waals surface area contributed by atoms with E-state index >= 15 is 0 Å². The molecule has 0 aliphatic carbocycles. The Labute approximate surface area is 130 Å². The van der Waals surface area contributed by atoms with Gasteiger partial charge in [-0.25, -0.2) is 9.97 Å². The number of aromatic nitrogens is 2. The molecule has 1 aromatic carbocycles. The predicted octanol–water partition coefficient (Wildman–Crippen LogP) is 4.33. The van der Waals surface area contributed by atoms with Crippen LogP contribution in [0.2, 0.25) is 0 Å². The normalized spacial score (nSPS) is 10.8. The van der Waals surface area contributed by atoms with Gasteiger partial charge >= 0.3 is 0 Å². The van der Waals surface area contributed by atoms with Crippen LogP contribution >= 0.6 is 0 Å². The molecule has 112 valence electrons. The van der Waals surface area contributed by atoms with Gasteiger partial charge in [-0.1, -0.05) is 43.7 Å². The zero-order chi connectivity index (χ0) is 15.4. The third-order valence-electron chi connectivity index (χ3n) is 3.65. The number of nitrogens with zero attached hydrogens (tertiary/aromatic N) is 2. The van der Waals surface area contributed by atoms with Gasteiger partial charge in [-0.05, 0) is 18.9 Å². The topological polar surface area (TPSA) is 64.9 Å². The fourth-order valence-corrected chi connectivity index (χ4v) is 2.56. The van der Waals surface area contributed by atoms with E-state index in [1.54, 1.807) is 12.5 Å². The molecule has 4 heteroatoms. The van der Waals surface area contributed by atoms with E-state index in [9.17, 15) is 0 Å². The molecule has 2 heterocycles. The van der Waals surface area contributed by atoms with Gasteiger partial charge in [0.25, 0.3) is 0 Å². The fourth-order valence-electron chi connectivity index (χ4n) is 2.56. The van der Waals surface area contributed by atoms with Crippen molar-refractivity contribution >= 4 is 5.95 Å². The Morgan fingerprint density at radius 2 is 1.73 bits per heavy atom. The summed E-state index contributed by atoms with van der Waals surface area (Å²) in [5, 5.41) is 0. The Morgan fingerprint density at radius 3 is 2.36 bits per heavy atom. The van der Waals surface area contributed by atoms with E-state index in [0.29, 0.717) is 0 Å². The standard InChI is InChI=1S/C18H19N3O/c1-2-3-9-15-16(13-7-5-4-6-8-13)20-18(19)21-17(15)14-10-11-22-12-14/h4-8,10-12H,2-3,9H2,1H3,(H2,19,20,21). The summed E-state index contributed by atoms with van der Waals surface area (Å²) < 4.78 is 5.21. The average molecular weight is 293 g/mol. The van der Waals surface area contributed by atoms with Crippen molar-refractivity contribution in [2.24, 2.45) is 0 Å². The molecule has 0 aliphatic heterocycles. The summed E-state index contributed by atoms with van der Waals surface area (Å²) in [6, 6.07) is 12.0. The first-order valence-electron chi connectivity index (χ1n) is 7.54. The second-order valence-electron chi connectivity index (χ2n) is 5.24. The van der Waals surface area contributed by atoms with Gasteiger partial charge in [0.1, 0.15) is 0 Å².